The van der Waals surface area contributed by atoms with Crippen LogP contribution in [0.3, 0.4) is 0 Å². The highest BCUT2D eigenvalue weighted by Crippen LogP contribution is 2.51. The summed E-state index contributed by atoms with van der Waals surface area (Å²) >= 11 is 0. The van der Waals surface area contributed by atoms with Gasteiger partial charge in [-0.25, -0.2) is 0 Å². The van der Waals surface area contributed by atoms with Gasteiger partial charge < -0.3 is 14.7 Å². The number of likely N-dealkylation sites (tertiary alicyclic amines) is 1. The van der Waals surface area contributed by atoms with Gasteiger partial charge >= 0.3 is 11.9 Å². The van der Waals surface area contributed by atoms with Gasteiger partial charge in [-0.15, -0.1) is 0 Å². The van der Waals surface area contributed by atoms with E-state index in [1.165, 1.54) is 7.11 Å². The van der Waals surface area contributed by atoms with E-state index in [1.807, 2.05) is 0 Å². The van der Waals surface area contributed by atoms with Crippen molar-refractivity contribution in [3.8, 4) is 0 Å². The molecule has 5 heteroatoms. The Balaban J connectivity index is 2.78. The second-order valence-corrected chi connectivity index (χ2v) is 8.97. The number of ether oxygens (including phenoxy) is 1. The number of methoxy groups -OCH3 is 1. The first-order chi connectivity index (χ1) is 12.0. The summed E-state index contributed by atoms with van der Waals surface area (Å²) in [4.78, 5) is 24.7. The number of aliphatic carboxylic acids is 1. The standard InChI is InChI=1S/C21H39NO4/c1-20(2)17(14-15-22(5)21(20,3)4)16(11-9-12-18(23)24)10-7-8-13-19(25)26-6/h16-17H,7-15H2,1-6H3,(H,23,24). The average Bonchev–Trinajstić information content (AvgIpc) is 2.55. The van der Waals surface area contributed by atoms with Crippen LogP contribution >= 0.6 is 0 Å². The zero-order valence-corrected chi connectivity index (χ0v) is 17.6. The van der Waals surface area contributed by atoms with Crippen LogP contribution in [0.4, 0.5) is 0 Å². The number of unbranched alkanes of at least 4 members (excludes halogenated alkanes) is 1. The van der Waals surface area contributed by atoms with E-state index in [0.717, 1.165) is 45.1 Å². The monoisotopic (exact) mass is 369 g/mol. The minimum absolute atomic E-state index is 0.104. The minimum Gasteiger partial charge on any atom is -0.481 e. The first-order valence-corrected chi connectivity index (χ1v) is 10.0. The molecule has 0 aromatic carbocycles. The number of carbonyl (C=O) groups is 2. The van der Waals surface area contributed by atoms with E-state index in [2.05, 4.69) is 39.6 Å². The Kier molecular flexibility index (Phi) is 8.58. The number of nitrogens with zero attached hydrogens (tertiary/aromatic N) is 1. The molecule has 1 N–H and O–H groups in total. The van der Waals surface area contributed by atoms with Gasteiger partial charge in [0.05, 0.1) is 7.11 Å². The summed E-state index contributed by atoms with van der Waals surface area (Å²) in [5, 5.41) is 9.00. The number of carboxylic acid groups (broad SMARTS) is 1. The number of hydrogen-bond acceptors (Lipinski definition) is 4. The van der Waals surface area contributed by atoms with Gasteiger partial charge in [0.15, 0.2) is 0 Å². The molecule has 1 heterocycles. The molecule has 1 aliphatic rings. The first-order valence-electron chi connectivity index (χ1n) is 10.0. The van der Waals surface area contributed by atoms with Crippen LogP contribution in [0.1, 0.15) is 79.1 Å². The Morgan fingerprint density at radius 3 is 2.31 bits per heavy atom. The maximum absolute atomic E-state index is 11.3. The lowest BCUT2D eigenvalue weighted by Gasteiger charge is -2.58. The highest BCUT2D eigenvalue weighted by Gasteiger charge is 2.50. The van der Waals surface area contributed by atoms with Gasteiger partial charge in [0.2, 0.25) is 0 Å². The molecular weight excluding hydrogens is 330 g/mol. The van der Waals surface area contributed by atoms with Crippen molar-refractivity contribution in [2.24, 2.45) is 17.3 Å². The van der Waals surface area contributed by atoms with Crippen molar-refractivity contribution in [3.05, 3.63) is 0 Å². The van der Waals surface area contributed by atoms with Crippen LogP contribution in [0, 0.1) is 17.3 Å². The van der Waals surface area contributed by atoms with Gasteiger partial charge in [0.25, 0.3) is 0 Å². The SMILES string of the molecule is COC(=O)CCCCC(CCCC(=O)O)C1CCN(C)C(C)(C)C1(C)C. The zero-order valence-electron chi connectivity index (χ0n) is 17.6. The first kappa shape index (κ1) is 22.9. The van der Waals surface area contributed by atoms with Gasteiger partial charge in [-0.05, 0) is 70.4 Å². The second-order valence-electron chi connectivity index (χ2n) is 8.97. The van der Waals surface area contributed by atoms with Crippen molar-refractivity contribution in [2.75, 3.05) is 20.7 Å². The molecule has 0 aromatic rings. The van der Waals surface area contributed by atoms with Crippen molar-refractivity contribution >= 4 is 11.9 Å². The Morgan fingerprint density at radius 1 is 1.12 bits per heavy atom. The largest absolute Gasteiger partial charge is 0.481 e. The fourth-order valence-corrected chi connectivity index (χ4v) is 4.58. The van der Waals surface area contributed by atoms with Crippen molar-refractivity contribution in [2.45, 2.75) is 84.6 Å². The van der Waals surface area contributed by atoms with Crippen LogP contribution in [0.2, 0.25) is 0 Å². The van der Waals surface area contributed by atoms with E-state index in [1.54, 1.807) is 0 Å². The normalized spacial score (nSPS) is 23.4. The molecule has 5 nitrogen and oxygen atoms in total. The van der Waals surface area contributed by atoms with Crippen molar-refractivity contribution in [1.82, 2.24) is 4.90 Å². The van der Waals surface area contributed by atoms with Crippen LogP contribution in [0.25, 0.3) is 0 Å². The summed E-state index contributed by atoms with van der Waals surface area (Å²) in [6.45, 7) is 10.5. The lowest BCUT2D eigenvalue weighted by atomic mass is 9.57. The average molecular weight is 370 g/mol. The molecule has 1 saturated heterocycles. The number of carboxylic acids is 1. The maximum Gasteiger partial charge on any atom is 0.305 e. The molecule has 0 aliphatic carbocycles. The number of carbonyl (C=O) groups excluding carboxylic acids is 1. The lowest BCUT2D eigenvalue weighted by Crippen LogP contribution is -2.60. The lowest BCUT2D eigenvalue weighted by molar-refractivity contribution is -0.141. The Hall–Kier alpha value is -1.10. The van der Waals surface area contributed by atoms with Gasteiger partial charge in [0.1, 0.15) is 0 Å². The second kappa shape index (κ2) is 9.72. The fourth-order valence-electron chi connectivity index (χ4n) is 4.58. The van der Waals surface area contributed by atoms with Crippen molar-refractivity contribution in [3.63, 3.8) is 0 Å². The van der Waals surface area contributed by atoms with E-state index in [4.69, 9.17) is 9.84 Å². The molecular formula is C21H39NO4. The van der Waals surface area contributed by atoms with Crippen LogP contribution < -0.4 is 0 Å². The highest BCUT2D eigenvalue weighted by molar-refractivity contribution is 5.69. The summed E-state index contributed by atoms with van der Waals surface area (Å²) in [7, 11) is 3.63. The molecule has 0 radical (unpaired) electrons. The third-order valence-corrected chi connectivity index (χ3v) is 7.20. The zero-order chi connectivity index (χ0) is 20.0. The summed E-state index contributed by atoms with van der Waals surface area (Å²) in [5.41, 5.74) is 0.253. The molecule has 0 spiro atoms. The molecule has 2 atom stereocenters. The number of hydrogen-bond donors (Lipinski definition) is 1. The molecule has 152 valence electrons. The predicted molar refractivity (Wildman–Crippen MR) is 104 cm³/mol. The van der Waals surface area contributed by atoms with Gasteiger partial charge in [-0.2, -0.15) is 0 Å². The van der Waals surface area contributed by atoms with Crippen LogP contribution in [0.15, 0.2) is 0 Å². The van der Waals surface area contributed by atoms with Gasteiger partial charge in [-0.3, -0.25) is 9.59 Å². The summed E-state index contributed by atoms with van der Waals surface area (Å²) in [6, 6.07) is 0. The molecule has 2 unspecified atom stereocenters. The molecule has 26 heavy (non-hydrogen) atoms. The van der Waals surface area contributed by atoms with Gasteiger partial charge in [0, 0.05) is 18.4 Å². The number of rotatable bonds is 10. The Labute approximate surface area is 159 Å². The van der Waals surface area contributed by atoms with Crippen LogP contribution in [-0.4, -0.2) is 48.2 Å². The van der Waals surface area contributed by atoms with Crippen molar-refractivity contribution in [1.29, 1.82) is 0 Å². The topological polar surface area (TPSA) is 66.8 Å². The van der Waals surface area contributed by atoms with Crippen molar-refractivity contribution < 1.29 is 19.4 Å². The molecule has 1 aliphatic heterocycles. The van der Waals surface area contributed by atoms with Crippen LogP contribution in [-0.2, 0) is 14.3 Å². The molecule has 0 bridgehead atoms. The summed E-state index contributed by atoms with van der Waals surface area (Å²) in [5.74, 6) is 0.223. The molecule has 0 saturated carbocycles. The molecule has 1 rings (SSSR count). The molecule has 1 fully saturated rings. The number of piperidine rings is 1. The minimum atomic E-state index is -0.711. The summed E-state index contributed by atoms with van der Waals surface area (Å²) in [6.07, 6.45) is 6.47. The van der Waals surface area contributed by atoms with E-state index >= 15 is 0 Å². The van der Waals surface area contributed by atoms with Crippen LogP contribution in [0.5, 0.6) is 0 Å². The fraction of sp³-hybridized carbons (Fsp3) is 0.905. The van der Waals surface area contributed by atoms with E-state index in [-0.39, 0.29) is 23.3 Å². The Bertz CT molecular complexity index is 473. The quantitative estimate of drug-likeness (QED) is 0.458. The smallest absolute Gasteiger partial charge is 0.305 e. The molecule has 0 aromatic heterocycles. The molecule has 0 amide bonds. The van der Waals surface area contributed by atoms with E-state index in [0.29, 0.717) is 18.3 Å². The Morgan fingerprint density at radius 2 is 1.73 bits per heavy atom. The summed E-state index contributed by atoms with van der Waals surface area (Å²) < 4.78 is 4.73. The predicted octanol–water partition coefficient (Wildman–Crippen LogP) is 4.35. The highest BCUT2D eigenvalue weighted by atomic mass is 16.5. The third kappa shape index (κ3) is 5.70. The van der Waals surface area contributed by atoms with Gasteiger partial charge in [-0.1, -0.05) is 26.7 Å². The van der Waals surface area contributed by atoms with E-state index in [9.17, 15) is 9.59 Å². The third-order valence-electron chi connectivity index (χ3n) is 7.20. The van der Waals surface area contributed by atoms with E-state index < -0.39 is 5.97 Å². The maximum atomic E-state index is 11.3. The number of esters is 1.